The normalized spacial score (nSPS) is 19.7. The Bertz CT molecular complexity index is 1450. The van der Waals surface area contributed by atoms with Gasteiger partial charge in [0.15, 0.2) is 0 Å². The van der Waals surface area contributed by atoms with E-state index in [1.807, 2.05) is 49.4 Å². The first-order valence-electron chi connectivity index (χ1n) is 16.1. The Morgan fingerprint density at radius 1 is 1.09 bits per heavy atom. The molecule has 0 spiro atoms. The molecule has 3 aromatic rings. The van der Waals surface area contributed by atoms with Crippen molar-refractivity contribution in [2.75, 3.05) is 38.2 Å². The quantitative estimate of drug-likeness (QED) is 0.262. The van der Waals surface area contributed by atoms with Crippen LogP contribution in [0.4, 0.5) is 10.2 Å². The van der Waals surface area contributed by atoms with Crippen molar-refractivity contribution < 1.29 is 23.8 Å². The third-order valence-corrected chi connectivity index (χ3v) is 9.44. The van der Waals surface area contributed by atoms with E-state index in [4.69, 9.17) is 14.5 Å². The third-order valence-electron chi connectivity index (χ3n) is 9.44. The van der Waals surface area contributed by atoms with E-state index in [0.29, 0.717) is 36.9 Å². The molecular formula is C36H46FN3O4. The molecule has 3 atom stereocenters. The first-order chi connectivity index (χ1) is 21.3. The largest absolute Gasteiger partial charge is 0.488 e. The second kappa shape index (κ2) is 14.5. The van der Waals surface area contributed by atoms with Crippen molar-refractivity contribution in [3.05, 3.63) is 76.6 Å². The first-order valence-corrected chi connectivity index (χ1v) is 16.1. The van der Waals surface area contributed by atoms with Gasteiger partial charge in [-0.1, -0.05) is 50.6 Å². The molecule has 1 fully saturated rings. The van der Waals surface area contributed by atoms with E-state index in [1.54, 1.807) is 7.11 Å². The maximum Gasteiger partial charge on any atom is 0.309 e. The Kier molecular flexibility index (Phi) is 10.5. The first kappa shape index (κ1) is 31.9. The van der Waals surface area contributed by atoms with Crippen LogP contribution < -0.4 is 9.64 Å². The predicted octanol–water partition coefficient (Wildman–Crippen LogP) is 6.68. The molecule has 1 saturated heterocycles. The molecule has 0 bridgehead atoms. The molecule has 1 aromatic heterocycles. The monoisotopic (exact) mass is 603 g/mol. The summed E-state index contributed by atoms with van der Waals surface area (Å²) in [7, 11) is 1.56. The lowest BCUT2D eigenvalue weighted by Gasteiger charge is -2.36. The number of fused-ring (bicyclic) bond motifs is 1. The van der Waals surface area contributed by atoms with E-state index in [-0.39, 0.29) is 12.4 Å². The molecule has 236 valence electrons. The van der Waals surface area contributed by atoms with Crippen molar-refractivity contribution in [1.29, 1.82) is 0 Å². The van der Waals surface area contributed by atoms with Gasteiger partial charge in [0, 0.05) is 50.5 Å². The summed E-state index contributed by atoms with van der Waals surface area (Å²) >= 11 is 0. The number of benzene rings is 2. The molecule has 2 aromatic carbocycles. The molecule has 44 heavy (non-hydrogen) atoms. The van der Waals surface area contributed by atoms with Crippen LogP contribution >= 0.6 is 0 Å². The summed E-state index contributed by atoms with van der Waals surface area (Å²) in [5.74, 6) is -0.0542. The summed E-state index contributed by atoms with van der Waals surface area (Å²) in [5.41, 5.74) is 5.05. The molecule has 0 aliphatic carbocycles. The Balaban J connectivity index is 1.34. The van der Waals surface area contributed by atoms with E-state index in [9.17, 15) is 9.90 Å². The highest BCUT2D eigenvalue weighted by Crippen LogP contribution is 2.35. The van der Waals surface area contributed by atoms with Gasteiger partial charge in [-0.25, -0.2) is 9.37 Å². The Morgan fingerprint density at radius 3 is 2.64 bits per heavy atom. The van der Waals surface area contributed by atoms with E-state index >= 15 is 4.39 Å². The van der Waals surface area contributed by atoms with Crippen molar-refractivity contribution in [1.82, 2.24) is 9.88 Å². The molecule has 3 unspecified atom stereocenters. The molecule has 0 saturated carbocycles. The predicted molar refractivity (Wildman–Crippen MR) is 172 cm³/mol. The minimum atomic E-state index is -0.829. The summed E-state index contributed by atoms with van der Waals surface area (Å²) in [6.45, 7) is 9.50. The van der Waals surface area contributed by atoms with Crippen LogP contribution in [0.15, 0.2) is 48.5 Å². The van der Waals surface area contributed by atoms with Crippen LogP contribution in [-0.2, 0) is 29.0 Å². The van der Waals surface area contributed by atoms with E-state index in [2.05, 4.69) is 29.7 Å². The molecule has 8 heteroatoms. The van der Waals surface area contributed by atoms with Gasteiger partial charge in [-0.05, 0) is 73.9 Å². The van der Waals surface area contributed by atoms with Gasteiger partial charge in [0.2, 0.25) is 0 Å². The number of hydrogen-bond acceptors (Lipinski definition) is 6. The molecule has 5 rings (SSSR count). The summed E-state index contributed by atoms with van der Waals surface area (Å²) in [4.78, 5) is 21.2. The lowest BCUT2D eigenvalue weighted by atomic mass is 9.94. The van der Waals surface area contributed by atoms with E-state index in [1.165, 1.54) is 6.42 Å². The number of methoxy groups -OCH3 is 1. The number of hydrogen-bond donors (Lipinski definition) is 1. The third kappa shape index (κ3) is 6.92. The summed E-state index contributed by atoms with van der Waals surface area (Å²) < 4.78 is 27.9. The number of carbonyl (C=O) groups is 1. The smallest absolute Gasteiger partial charge is 0.309 e. The number of halogens is 1. The lowest BCUT2D eigenvalue weighted by Crippen LogP contribution is -2.47. The van der Waals surface area contributed by atoms with Crippen LogP contribution in [0.2, 0.25) is 0 Å². The van der Waals surface area contributed by atoms with Crippen LogP contribution in [0.3, 0.4) is 0 Å². The van der Waals surface area contributed by atoms with Crippen LogP contribution in [0.1, 0.15) is 61.8 Å². The number of aryl methyl sites for hydroxylation is 1. The Hall–Kier alpha value is -3.49. The average Bonchev–Trinajstić information content (AvgIpc) is 3.26. The number of pyridine rings is 1. The molecule has 2 aliphatic heterocycles. The minimum Gasteiger partial charge on any atom is -0.488 e. The molecule has 0 radical (unpaired) electrons. The minimum absolute atomic E-state index is 0.131. The second-order valence-corrected chi connectivity index (χ2v) is 12.1. The zero-order valence-electron chi connectivity index (χ0n) is 26.5. The fraction of sp³-hybridized carbons (Fsp3) is 0.500. The number of ether oxygens (including phenoxy) is 2. The van der Waals surface area contributed by atoms with Crippen molar-refractivity contribution in [3.8, 4) is 17.0 Å². The number of nitrogens with zero attached hydrogens (tertiary/aromatic N) is 3. The maximum absolute atomic E-state index is 16.0. The van der Waals surface area contributed by atoms with Gasteiger partial charge in [0.1, 0.15) is 24.0 Å². The van der Waals surface area contributed by atoms with Gasteiger partial charge < -0.3 is 19.5 Å². The van der Waals surface area contributed by atoms with Gasteiger partial charge in [0.05, 0.1) is 17.7 Å². The highest BCUT2D eigenvalue weighted by atomic mass is 19.1. The van der Waals surface area contributed by atoms with Gasteiger partial charge >= 0.3 is 5.97 Å². The van der Waals surface area contributed by atoms with Crippen LogP contribution in [0.25, 0.3) is 11.3 Å². The summed E-state index contributed by atoms with van der Waals surface area (Å²) in [6, 6.07) is 16.3. The number of para-hydroxylation sites is 1. The second-order valence-electron chi connectivity index (χ2n) is 12.1. The number of aromatic nitrogens is 1. The molecule has 3 heterocycles. The van der Waals surface area contributed by atoms with Crippen molar-refractivity contribution in [2.24, 2.45) is 5.92 Å². The summed E-state index contributed by atoms with van der Waals surface area (Å²) in [6.07, 6.45) is 5.14. The van der Waals surface area contributed by atoms with Gasteiger partial charge in [0.25, 0.3) is 0 Å². The van der Waals surface area contributed by atoms with Gasteiger partial charge in [-0.3, -0.25) is 9.69 Å². The number of piperidine rings is 1. The Labute approximate surface area is 261 Å². The molecule has 0 amide bonds. The average molecular weight is 604 g/mol. The van der Waals surface area contributed by atoms with Crippen LogP contribution in [0, 0.1) is 18.7 Å². The molecule has 7 nitrogen and oxygen atoms in total. The SMILES string of the molecule is CCCC(CC)N1CCc2ccc(COc3c(C)cccc3-c3cccc(N4CCC(C(=O)O)C(OC)C4)n3)c(F)c2CC1. The Morgan fingerprint density at radius 2 is 1.89 bits per heavy atom. The van der Waals surface area contributed by atoms with Crippen LogP contribution in [-0.4, -0.2) is 66.4 Å². The van der Waals surface area contributed by atoms with Crippen molar-refractivity contribution >= 4 is 11.8 Å². The van der Waals surface area contributed by atoms with E-state index in [0.717, 1.165) is 72.5 Å². The highest BCUT2D eigenvalue weighted by molar-refractivity contribution is 5.72. The number of carboxylic acids is 1. The number of carboxylic acid groups (broad SMARTS) is 1. The van der Waals surface area contributed by atoms with E-state index < -0.39 is 18.0 Å². The fourth-order valence-corrected chi connectivity index (χ4v) is 6.89. The van der Waals surface area contributed by atoms with Gasteiger partial charge in [-0.2, -0.15) is 0 Å². The molecule has 2 aliphatic rings. The standard InChI is InChI=1S/C36H46FN3O4/c1-5-9-27(6-2)39-19-16-25-14-15-26(34(37)28(25)17-20-39)23-44-35-24(3)10-7-11-29(35)31-12-8-13-33(38-31)40-21-18-30(36(41)42)32(22-40)43-4/h7-8,10-15,27,30,32H,5-6,9,16-23H2,1-4H3,(H,41,42). The van der Waals surface area contributed by atoms with Crippen molar-refractivity contribution in [2.45, 2.75) is 78.0 Å². The number of rotatable bonds is 11. The van der Waals surface area contributed by atoms with Gasteiger partial charge in [-0.15, -0.1) is 0 Å². The van der Waals surface area contributed by atoms with Crippen LogP contribution in [0.5, 0.6) is 5.75 Å². The molecule has 1 N–H and O–H groups in total. The van der Waals surface area contributed by atoms with Crippen molar-refractivity contribution in [3.63, 3.8) is 0 Å². The molecular weight excluding hydrogens is 557 g/mol. The topological polar surface area (TPSA) is 75.1 Å². The summed E-state index contributed by atoms with van der Waals surface area (Å²) in [5, 5.41) is 9.57. The fourth-order valence-electron chi connectivity index (χ4n) is 6.89. The number of aliphatic carboxylic acids is 1. The lowest BCUT2D eigenvalue weighted by molar-refractivity contribution is -0.147. The highest BCUT2D eigenvalue weighted by Gasteiger charge is 2.35. The zero-order chi connectivity index (χ0) is 31.2. The number of anilines is 1. The zero-order valence-corrected chi connectivity index (χ0v) is 26.5. The maximum atomic E-state index is 16.0.